The van der Waals surface area contributed by atoms with Crippen LogP contribution in [-0.4, -0.2) is 39.3 Å². The Labute approximate surface area is 171 Å². The summed E-state index contributed by atoms with van der Waals surface area (Å²) in [7, 11) is 1.53. The molecule has 1 aliphatic rings. The molecule has 1 fully saturated rings. The van der Waals surface area contributed by atoms with Crippen LogP contribution in [0.4, 0.5) is 11.6 Å². The maximum atomic E-state index is 12.6. The van der Waals surface area contributed by atoms with Gasteiger partial charge in [0.25, 0.3) is 0 Å². The Kier molecular flexibility index (Phi) is 5.37. The number of amides is 1. The Balaban J connectivity index is 1.80. The molecule has 0 aliphatic carbocycles. The molecular formula is C21H20N2O5S. The third-order valence-corrected chi connectivity index (χ3v) is 5.68. The second kappa shape index (κ2) is 8.10. The van der Waals surface area contributed by atoms with Gasteiger partial charge in [-0.15, -0.1) is 11.3 Å². The van der Waals surface area contributed by atoms with E-state index < -0.39 is 0 Å². The first-order chi connectivity index (χ1) is 14.1. The summed E-state index contributed by atoms with van der Waals surface area (Å²) in [6.07, 6.45) is 1.19. The highest BCUT2D eigenvalue weighted by Crippen LogP contribution is 2.37. The molecule has 1 aromatic carbocycles. The number of hydrogen-bond donors (Lipinski definition) is 1. The van der Waals surface area contributed by atoms with Crippen molar-refractivity contribution in [2.75, 3.05) is 43.6 Å². The van der Waals surface area contributed by atoms with Crippen molar-refractivity contribution in [3.63, 3.8) is 0 Å². The smallest absolute Gasteiger partial charge is 0.247 e. The normalized spacial score (nSPS) is 14.0. The number of carbonyl (C=O) groups is 1. The topological polar surface area (TPSA) is 81.0 Å². The number of hydrogen-bond acceptors (Lipinski definition) is 7. The van der Waals surface area contributed by atoms with Crippen molar-refractivity contribution < 1.29 is 18.7 Å². The van der Waals surface area contributed by atoms with Crippen molar-refractivity contribution in [2.24, 2.45) is 0 Å². The van der Waals surface area contributed by atoms with Gasteiger partial charge in [0.2, 0.25) is 11.3 Å². The molecule has 150 valence electrons. The second-order valence-electron chi connectivity index (χ2n) is 6.46. The lowest BCUT2D eigenvalue weighted by Gasteiger charge is -2.27. The Morgan fingerprint density at radius 2 is 2.10 bits per heavy atom. The van der Waals surface area contributed by atoms with Crippen molar-refractivity contribution in [1.82, 2.24) is 0 Å². The molecule has 3 aromatic rings. The molecule has 8 heteroatoms. The first kappa shape index (κ1) is 19.2. The third kappa shape index (κ3) is 3.76. The molecule has 2 aromatic heterocycles. The molecule has 0 saturated carbocycles. The minimum atomic E-state index is -0.336. The summed E-state index contributed by atoms with van der Waals surface area (Å²) < 4.78 is 17.4. The summed E-state index contributed by atoms with van der Waals surface area (Å²) in [5.74, 6) is 0.731. The fourth-order valence-corrected chi connectivity index (χ4v) is 4.14. The lowest BCUT2D eigenvalue weighted by molar-refractivity contribution is -0.111. The van der Waals surface area contributed by atoms with E-state index in [2.05, 4.69) is 11.9 Å². The predicted octanol–water partition coefficient (Wildman–Crippen LogP) is 3.49. The first-order valence-electron chi connectivity index (χ1n) is 9.10. The average molecular weight is 412 g/mol. The number of carbonyl (C=O) groups excluding carboxylic acids is 1. The molecule has 3 heterocycles. The van der Waals surface area contributed by atoms with Gasteiger partial charge in [-0.2, -0.15) is 0 Å². The number of morpholine rings is 1. The molecule has 0 atom stereocenters. The van der Waals surface area contributed by atoms with Gasteiger partial charge in [-0.05, 0) is 23.8 Å². The number of nitrogens with one attached hydrogen (secondary N) is 1. The molecule has 29 heavy (non-hydrogen) atoms. The SMILES string of the molecule is C=CC(=O)Nc1cc(-c2csc3c(=O)cc(N4CCOCC4)oc23)ccc1OC. The van der Waals surface area contributed by atoms with Crippen LogP contribution >= 0.6 is 11.3 Å². The zero-order valence-electron chi connectivity index (χ0n) is 15.9. The standard InChI is InChI=1S/C21H20N2O5S/c1-3-18(25)22-15-10-13(4-5-17(15)26-2)14-12-29-21-16(24)11-19(28-20(14)21)23-6-8-27-9-7-23/h3-5,10-12H,1,6-9H2,2H3,(H,22,25). The number of fused-ring (bicyclic) bond motifs is 1. The zero-order chi connectivity index (χ0) is 20.4. The maximum Gasteiger partial charge on any atom is 0.247 e. The predicted molar refractivity (Wildman–Crippen MR) is 114 cm³/mol. The number of anilines is 2. The van der Waals surface area contributed by atoms with Gasteiger partial charge in [0.15, 0.2) is 11.5 Å². The van der Waals surface area contributed by atoms with Gasteiger partial charge in [-0.1, -0.05) is 12.6 Å². The number of methoxy groups -OCH3 is 1. The molecule has 0 unspecified atom stereocenters. The van der Waals surface area contributed by atoms with Gasteiger partial charge in [0, 0.05) is 30.1 Å². The van der Waals surface area contributed by atoms with Crippen LogP contribution in [0.15, 0.2) is 51.5 Å². The Hall–Kier alpha value is -3.10. The highest BCUT2D eigenvalue weighted by Gasteiger charge is 2.19. The van der Waals surface area contributed by atoms with Crippen LogP contribution in [0.1, 0.15) is 0 Å². The monoisotopic (exact) mass is 412 g/mol. The molecule has 4 rings (SSSR count). The van der Waals surface area contributed by atoms with Gasteiger partial charge in [0.05, 0.1) is 26.0 Å². The molecule has 0 radical (unpaired) electrons. The summed E-state index contributed by atoms with van der Waals surface area (Å²) in [5, 5.41) is 4.63. The summed E-state index contributed by atoms with van der Waals surface area (Å²) >= 11 is 1.34. The van der Waals surface area contributed by atoms with E-state index in [4.69, 9.17) is 13.9 Å². The second-order valence-corrected chi connectivity index (χ2v) is 7.34. The summed E-state index contributed by atoms with van der Waals surface area (Å²) in [5.41, 5.74) is 2.57. The van der Waals surface area contributed by atoms with E-state index in [1.807, 2.05) is 16.3 Å². The number of rotatable bonds is 5. The Morgan fingerprint density at radius 1 is 1.31 bits per heavy atom. The lowest BCUT2D eigenvalue weighted by Crippen LogP contribution is -2.36. The minimum absolute atomic E-state index is 0.0716. The van der Waals surface area contributed by atoms with Crippen LogP contribution < -0.4 is 20.4 Å². The van der Waals surface area contributed by atoms with Crippen LogP contribution in [0, 0.1) is 0 Å². The van der Waals surface area contributed by atoms with Crippen LogP contribution in [0.3, 0.4) is 0 Å². The third-order valence-electron chi connectivity index (χ3n) is 4.71. The van der Waals surface area contributed by atoms with Crippen molar-refractivity contribution in [3.8, 4) is 16.9 Å². The number of nitrogens with zero attached hydrogens (tertiary/aromatic N) is 1. The maximum absolute atomic E-state index is 12.6. The average Bonchev–Trinajstić information content (AvgIpc) is 3.19. The van der Waals surface area contributed by atoms with Gasteiger partial charge < -0.3 is 24.1 Å². The molecule has 1 saturated heterocycles. The van der Waals surface area contributed by atoms with Crippen molar-refractivity contribution in [1.29, 1.82) is 0 Å². The minimum Gasteiger partial charge on any atom is -0.495 e. The highest BCUT2D eigenvalue weighted by molar-refractivity contribution is 7.17. The zero-order valence-corrected chi connectivity index (χ0v) is 16.7. The quantitative estimate of drug-likeness (QED) is 0.646. The van der Waals surface area contributed by atoms with Crippen LogP contribution in [0.5, 0.6) is 5.75 Å². The molecule has 0 spiro atoms. The number of benzene rings is 1. The Bertz CT molecular complexity index is 1130. The summed E-state index contributed by atoms with van der Waals surface area (Å²) in [4.78, 5) is 26.4. The van der Waals surface area contributed by atoms with Crippen LogP contribution in [-0.2, 0) is 9.53 Å². The molecule has 1 amide bonds. The molecule has 1 N–H and O–H groups in total. The lowest BCUT2D eigenvalue weighted by atomic mass is 10.1. The summed E-state index contributed by atoms with van der Waals surface area (Å²) in [6.45, 7) is 6.02. The van der Waals surface area contributed by atoms with E-state index in [1.165, 1.54) is 30.6 Å². The molecule has 7 nitrogen and oxygen atoms in total. The van der Waals surface area contributed by atoms with Crippen molar-refractivity contribution >= 4 is 39.1 Å². The van der Waals surface area contributed by atoms with E-state index in [0.717, 1.165) is 11.1 Å². The van der Waals surface area contributed by atoms with E-state index in [9.17, 15) is 9.59 Å². The van der Waals surface area contributed by atoms with Gasteiger partial charge in [-0.3, -0.25) is 9.59 Å². The fourth-order valence-electron chi connectivity index (χ4n) is 3.23. The Morgan fingerprint density at radius 3 is 2.83 bits per heavy atom. The number of ether oxygens (including phenoxy) is 2. The molecular weight excluding hydrogens is 392 g/mol. The fraction of sp³-hybridized carbons (Fsp3) is 0.238. The number of thiophene rings is 1. The van der Waals surface area contributed by atoms with E-state index >= 15 is 0 Å². The van der Waals surface area contributed by atoms with Gasteiger partial charge in [-0.25, -0.2) is 0 Å². The van der Waals surface area contributed by atoms with Crippen molar-refractivity contribution in [2.45, 2.75) is 0 Å². The summed E-state index contributed by atoms with van der Waals surface area (Å²) in [6, 6.07) is 6.97. The largest absolute Gasteiger partial charge is 0.495 e. The highest BCUT2D eigenvalue weighted by atomic mass is 32.1. The van der Waals surface area contributed by atoms with Gasteiger partial charge in [0.1, 0.15) is 10.4 Å². The van der Waals surface area contributed by atoms with E-state index in [-0.39, 0.29) is 11.3 Å². The molecule has 1 aliphatic heterocycles. The van der Waals surface area contributed by atoms with Crippen LogP contribution in [0.25, 0.3) is 21.4 Å². The van der Waals surface area contributed by atoms with Crippen LogP contribution in [0.2, 0.25) is 0 Å². The first-order valence-corrected chi connectivity index (χ1v) is 9.98. The van der Waals surface area contributed by atoms with Gasteiger partial charge >= 0.3 is 0 Å². The van der Waals surface area contributed by atoms with E-state index in [0.29, 0.717) is 53.9 Å². The molecule has 0 bridgehead atoms. The van der Waals surface area contributed by atoms with E-state index in [1.54, 1.807) is 12.1 Å². The van der Waals surface area contributed by atoms with Crippen molar-refractivity contribution in [3.05, 3.63) is 52.5 Å².